The minimum absolute atomic E-state index is 0.266. The summed E-state index contributed by atoms with van der Waals surface area (Å²) in [6, 6.07) is 8.33. The molecule has 0 aliphatic heterocycles. The number of ether oxygens (including phenoxy) is 1. The Morgan fingerprint density at radius 3 is 2.57 bits per heavy atom. The lowest BCUT2D eigenvalue weighted by atomic mass is 10.1. The van der Waals surface area contributed by atoms with Crippen LogP contribution in [0.3, 0.4) is 0 Å². The molecule has 1 aromatic carbocycles. The van der Waals surface area contributed by atoms with E-state index in [2.05, 4.69) is 41.6 Å². The fraction of sp³-hybridized carbons (Fsp3) is 0.409. The molecule has 28 heavy (non-hydrogen) atoms. The number of nitrogens with zero attached hydrogens (tertiary/aromatic N) is 2. The van der Waals surface area contributed by atoms with Gasteiger partial charge in [-0.25, -0.2) is 4.79 Å². The summed E-state index contributed by atoms with van der Waals surface area (Å²) in [7, 11) is 0. The molecular formula is C22H29N3O3. The average molecular weight is 383 g/mol. The van der Waals surface area contributed by atoms with Crippen molar-refractivity contribution in [3.8, 4) is 0 Å². The van der Waals surface area contributed by atoms with Crippen LogP contribution < -0.4 is 5.32 Å². The number of esters is 1. The van der Waals surface area contributed by atoms with Crippen LogP contribution in [0.2, 0.25) is 0 Å². The second-order valence-electron chi connectivity index (χ2n) is 6.87. The monoisotopic (exact) mass is 383 g/mol. The molecule has 0 unspecified atom stereocenters. The van der Waals surface area contributed by atoms with E-state index in [-0.39, 0.29) is 12.5 Å². The van der Waals surface area contributed by atoms with Gasteiger partial charge in [-0.3, -0.25) is 9.48 Å². The van der Waals surface area contributed by atoms with Crippen molar-refractivity contribution in [1.82, 2.24) is 15.1 Å². The van der Waals surface area contributed by atoms with E-state index in [1.54, 1.807) is 6.08 Å². The Balaban J connectivity index is 1.94. The van der Waals surface area contributed by atoms with E-state index >= 15 is 0 Å². The average Bonchev–Trinajstić information content (AvgIpc) is 2.93. The van der Waals surface area contributed by atoms with Gasteiger partial charge in [-0.15, -0.1) is 0 Å². The van der Waals surface area contributed by atoms with Crippen LogP contribution in [-0.2, 0) is 20.9 Å². The van der Waals surface area contributed by atoms with Gasteiger partial charge in [0.05, 0.1) is 12.2 Å². The zero-order chi connectivity index (χ0) is 20.5. The molecule has 1 heterocycles. The molecule has 0 radical (unpaired) electrons. The summed E-state index contributed by atoms with van der Waals surface area (Å²) >= 11 is 0. The maximum atomic E-state index is 11.9. The van der Waals surface area contributed by atoms with Crippen LogP contribution in [0.5, 0.6) is 0 Å². The topological polar surface area (TPSA) is 73.2 Å². The van der Waals surface area contributed by atoms with Crippen LogP contribution in [-0.4, -0.2) is 34.8 Å². The number of hydrogen-bond donors (Lipinski definition) is 1. The highest BCUT2D eigenvalue weighted by Crippen LogP contribution is 2.17. The fourth-order valence-electron chi connectivity index (χ4n) is 2.76. The number of hydrogen-bond acceptors (Lipinski definition) is 4. The Labute approximate surface area is 166 Å². The first-order valence-corrected chi connectivity index (χ1v) is 9.61. The van der Waals surface area contributed by atoms with Gasteiger partial charge in [-0.1, -0.05) is 43.2 Å². The standard InChI is InChI=1S/C22H29N3O3/c1-5-6-13-23-21(26)15-28-22(27)12-11-20-17(3)24-25(18(20)4)14-19-9-7-16(2)8-10-19/h7-12H,5-6,13-15H2,1-4H3,(H,23,26)/b12-11+. The fourth-order valence-corrected chi connectivity index (χ4v) is 2.76. The third-order valence-corrected chi connectivity index (χ3v) is 4.47. The number of nitrogens with one attached hydrogen (secondary N) is 1. The smallest absolute Gasteiger partial charge is 0.331 e. The van der Waals surface area contributed by atoms with E-state index in [1.165, 1.54) is 17.2 Å². The highest BCUT2D eigenvalue weighted by Gasteiger charge is 2.11. The van der Waals surface area contributed by atoms with Crippen molar-refractivity contribution >= 4 is 18.0 Å². The Kier molecular flexibility index (Phi) is 7.99. The van der Waals surface area contributed by atoms with E-state index in [9.17, 15) is 9.59 Å². The summed E-state index contributed by atoms with van der Waals surface area (Å²) in [5.41, 5.74) is 5.08. The van der Waals surface area contributed by atoms with Crippen LogP contribution >= 0.6 is 0 Å². The van der Waals surface area contributed by atoms with Crippen LogP contribution in [0.1, 0.15) is 47.8 Å². The van der Waals surface area contributed by atoms with Crippen molar-refractivity contribution < 1.29 is 14.3 Å². The van der Waals surface area contributed by atoms with Gasteiger partial charge < -0.3 is 10.1 Å². The van der Waals surface area contributed by atoms with Crippen molar-refractivity contribution in [1.29, 1.82) is 0 Å². The third kappa shape index (κ3) is 6.37. The third-order valence-electron chi connectivity index (χ3n) is 4.47. The lowest BCUT2D eigenvalue weighted by molar-refractivity contribution is -0.143. The van der Waals surface area contributed by atoms with Crippen LogP contribution in [0.15, 0.2) is 30.3 Å². The maximum absolute atomic E-state index is 11.9. The Bertz CT molecular complexity index is 835. The van der Waals surface area contributed by atoms with E-state index in [1.807, 2.05) is 25.5 Å². The minimum atomic E-state index is -0.546. The number of aromatic nitrogens is 2. The van der Waals surface area contributed by atoms with Crippen LogP contribution in [0.25, 0.3) is 6.08 Å². The van der Waals surface area contributed by atoms with E-state index < -0.39 is 5.97 Å². The second kappa shape index (κ2) is 10.4. The van der Waals surface area contributed by atoms with Gasteiger partial charge >= 0.3 is 5.97 Å². The predicted octanol–water partition coefficient (Wildman–Crippen LogP) is 3.33. The van der Waals surface area contributed by atoms with Crippen molar-refractivity contribution in [3.05, 3.63) is 58.4 Å². The number of amides is 1. The lowest BCUT2D eigenvalue weighted by Crippen LogP contribution is -2.29. The first-order valence-electron chi connectivity index (χ1n) is 9.61. The summed E-state index contributed by atoms with van der Waals surface area (Å²) in [5, 5.41) is 7.28. The van der Waals surface area contributed by atoms with Crippen molar-refractivity contribution in [2.75, 3.05) is 13.2 Å². The summed E-state index contributed by atoms with van der Waals surface area (Å²) in [6.07, 6.45) is 4.94. The first-order chi connectivity index (χ1) is 13.4. The molecule has 1 amide bonds. The van der Waals surface area contributed by atoms with E-state index in [0.29, 0.717) is 13.1 Å². The molecule has 0 spiro atoms. The lowest BCUT2D eigenvalue weighted by Gasteiger charge is -2.05. The number of rotatable bonds is 9. The van der Waals surface area contributed by atoms with Gasteiger partial charge in [0.1, 0.15) is 0 Å². The van der Waals surface area contributed by atoms with Crippen LogP contribution in [0, 0.1) is 20.8 Å². The molecule has 0 aliphatic carbocycles. The van der Waals surface area contributed by atoms with Gasteiger partial charge in [0.2, 0.25) is 0 Å². The molecular weight excluding hydrogens is 354 g/mol. The first kappa shape index (κ1) is 21.4. The number of aryl methyl sites for hydroxylation is 2. The normalized spacial score (nSPS) is 11.0. The molecule has 6 nitrogen and oxygen atoms in total. The van der Waals surface area contributed by atoms with Gasteiger partial charge in [-0.2, -0.15) is 5.10 Å². The number of carbonyl (C=O) groups excluding carboxylic acids is 2. The van der Waals surface area contributed by atoms with E-state index in [4.69, 9.17) is 4.74 Å². The molecule has 1 N–H and O–H groups in total. The Morgan fingerprint density at radius 1 is 1.18 bits per heavy atom. The highest BCUT2D eigenvalue weighted by atomic mass is 16.5. The van der Waals surface area contributed by atoms with Gasteiger partial charge in [0.15, 0.2) is 6.61 Å². The molecule has 0 bridgehead atoms. The molecule has 2 aromatic rings. The molecule has 0 fully saturated rings. The molecule has 0 saturated heterocycles. The van der Waals surface area contributed by atoms with Crippen molar-refractivity contribution in [2.24, 2.45) is 0 Å². The molecule has 0 atom stereocenters. The van der Waals surface area contributed by atoms with Crippen LogP contribution in [0.4, 0.5) is 0 Å². The molecule has 2 rings (SSSR count). The zero-order valence-electron chi connectivity index (χ0n) is 17.1. The van der Waals surface area contributed by atoms with Gasteiger partial charge in [-0.05, 0) is 38.8 Å². The summed E-state index contributed by atoms with van der Waals surface area (Å²) in [4.78, 5) is 23.5. The molecule has 1 aromatic heterocycles. The highest BCUT2D eigenvalue weighted by molar-refractivity contribution is 5.89. The Hall–Kier alpha value is -2.89. The number of carbonyl (C=O) groups is 2. The number of benzene rings is 1. The van der Waals surface area contributed by atoms with E-state index in [0.717, 1.165) is 29.8 Å². The predicted molar refractivity (Wildman–Crippen MR) is 110 cm³/mol. The molecule has 0 saturated carbocycles. The second-order valence-corrected chi connectivity index (χ2v) is 6.87. The van der Waals surface area contributed by atoms with Gasteiger partial charge in [0, 0.05) is 23.9 Å². The SMILES string of the molecule is CCCCNC(=O)COC(=O)/C=C/c1c(C)nn(Cc2ccc(C)cc2)c1C. The summed E-state index contributed by atoms with van der Waals surface area (Å²) in [6.45, 7) is 8.99. The number of unbranched alkanes of at least 4 members (excludes halogenated alkanes) is 1. The maximum Gasteiger partial charge on any atom is 0.331 e. The summed E-state index contributed by atoms with van der Waals surface area (Å²) in [5.74, 6) is -0.829. The summed E-state index contributed by atoms with van der Waals surface area (Å²) < 4.78 is 6.91. The zero-order valence-corrected chi connectivity index (χ0v) is 17.1. The van der Waals surface area contributed by atoms with Gasteiger partial charge in [0.25, 0.3) is 5.91 Å². The van der Waals surface area contributed by atoms with Crippen molar-refractivity contribution in [2.45, 2.75) is 47.1 Å². The largest absolute Gasteiger partial charge is 0.452 e. The Morgan fingerprint density at radius 2 is 1.89 bits per heavy atom. The van der Waals surface area contributed by atoms with Crippen molar-refractivity contribution in [3.63, 3.8) is 0 Å². The quantitative estimate of drug-likeness (QED) is 0.409. The molecule has 0 aliphatic rings. The molecule has 150 valence electrons. The molecule has 6 heteroatoms. The minimum Gasteiger partial charge on any atom is -0.452 e.